The fourth-order valence-electron chi connectivity index (χ4n) is 1.44. The standard InChI is InChI=1S/C10H11ClN2.2C2H6/c1-6-4-9-10(5-8(6)11)13(3)7(2)12-9;2*1-2/h4-5H,1-3H3;2*1-2H3. The lowest BCUT2D eigenvalue weighted by molar-refractivity contribution is 0.886. The Morgan fingerprint density at radius 2 is 1.59 bits per heavy atom. The van der Waals surface area contributed by atoms with Gasteiger partial charge in [0.1, 0.15) is 5.82 Å². The zero-order valence-electron chi connectivity index (χ0n) is 11.9. The van der Waals surface area contributed by atoms with E-state index in [0.717, 1.165) is 27.4 Å². The van der Waals surface area contributed by atoms with Crippen LogP contribution in [0.15, 0.2) is 12.1 Å². The van der Waals surface area contributed by atoms with Gasteiger partial charge in [-0.2, -0.15) is 0 Å². The third kappa shape index (κ3) is 3.47. The molecule has 0 unspecified atom stereocenters. The number of imidazole rings is 1. The summed E-state index contributed by atoms with van der Waals surface area (Å²) < 4.78 is 2.04. The summed E-state index contributed by atoms with van der Waals surface area (Å²) >= 11 is 6.03. The average Bonchev–Trinajstić information content (AvgIpc) is 2.62. The fraction of sp³-hybridized carbons (Fsp3) is 0.500. The first-order valence-electron chi connectivity index (χ1n) is 6.19. The predicted octanol–water partition coefficient (Wildman–Crippen LogP) is 4.90. The van der Waals surface area contributed by atoms with Crippen LogP contribution in [0.2, 0.25) is 5.02 Å². The molecule has 0 aliphatic carbocycles. The molecule has 0 spiro atoms. The van der Waals surface area contributed by atoms with Gasteiger partial charge in [-0.3, -0.25) is 0 Å². The van der Waals surface area contributed by atoms with Gasteiger partial charge >= 0.3 is 0 Å². The van der Waals surface area contributed by atoms with Crippen LogP contribution in [0, 0.1) is 13.8 Å². The summed E-state index contributed by atoms with van der Waals surface area (Å²) in [6.07, 6.45) is 0. The molecule has 0 amide bonds. The number of aromatic nitrogens is 2. The third-order valence-corrected chi connectivity index (χ3v) is 2.79. The summed E-state index contributed by atoms with van der Waals surface area (Å²) in [4.78, 5) is 4.42. The van der Waals surface area contributed by atoms with Gasteiger partial charge in [-0.15, -0.1) is 0 Å². The van der Waals surface area contributed by atoms with E-state index in [2.05, 4.69) is 4.98 Å². The molecule has 0 bridgehead atoms. The van der Waals surface area contributed by atoms with Gasteiger partial charge in [0, 0.05) is 12.1 Å². The van der Waals surface area contributed by atoms with E-state index < -0.39 is 0 Å². The minimum absolute atomic E-state index is 0.801. The third-order valence-electron chi connectivity index (χ3n) is 2.38. The quantitative estimate of drug-likeness (QED) is 0.654. The maximum absolute atomic E-state index is 6.03. The van der Waals surface area contributed by atoms with E-state index in [4.69, 9.17) is 11.6 Å². The van der Waals surface area contributed by atoms with E-state index in [9.17, 15) is 0 Å². The predicted molar refractivity (Wildman–Crippen MR) is 77.9 cm³/mol. The van der Waals surface area contributed by atoms with E-state index in [0.29, 0.717) is 0 Å². The van der Waals surface area contributed by atoms with Crippen molar-refractivity contribution in [2.45, 2.75) is 41.5 Å². The Bertz CT molecular complexity index is 473. The normalized spacial score (nSPS) is 9.18. The van der Waals surface area contributed by atoms with Gasteiger partial charge in [0.15, 0.2) is 0 Å². The van der Waals surface area contributed by atoms with Crippen molar-refractivity contribution in [1.82, 2.24) is 9.55 Å². The lowest BCUT2D eigenvalue weighted by Gasteiger charge is -1.99. The number of hydrogen-bond donors (Lipinski definition) is 0. The molecule has 2 aromatic rings. The largest absolute Gasteiger partial charge is 0.331 e. The number of nitrogens with zero attached hydrogens (tertiary/aromatic N) is 2. The van der Waals surface area contributed by atoms with Crippen LogP contribution in [-0.4, -0.2) is 9.55 Å². The maximum atomic E-state index is 6.03. The van der Waals surface area contributed by atoms with Crippen LogP contribution in [0.3, 0.4) is 0 Å². The molecule has 2 rings (SSSR count). The van der Waals surface area contributed by atoms with Crippen LogP contribution in [0.25, 0.3) is 11.0 Å². The van der Waals surface area contributed by atoms with Gasteiger partial charge < -0.3 is 4.57 Å². The van der Waals surface area contributed by atoms with Crippen LogP contribution in [0.5, 0.6) is 0 Å². The molecule has 0 N–H and O–H groups in total. The molecule has 1 heterocycles. The summed E-state index contributed by atoms with van der Waals surface area (Å²) in [5.41, 5.74) is 3.18. The van der Waals surface area contributed by atoms with Crippen molar-refractivity contribution >= 4 is 22.6 Å². The van der Waals surface area contributed by atoms with Gasteiger partial charge in [-0.25, -0.2) is 4.98 Å². The lowest BCUT2D eigenvalue weighted by atomic mass is 10.2. The summed E-state index contributed by atoms with van der Waals surface area (Å²) in [7, 11) is 2.00. The van der Waals surface area contributed by atoms with E-state index in [-0.39, 0.29) is 0 Å². The van der Waals surface area contributed by atoms with Crippen LogP contribution in [-0.2, 0) is 7.05 Å². The Labute approximate surface area is 110 Å². The topological polar surface area (TPSA) is 17.8 Å². The Kier molecular flexibility index (Phi) is 6.89. The SMILES string of the molecule is CC.CC.Cc1cc2nc(C)n(C)c2cc1Cl. The highest BCUT2D eigenvalue weighted by Gasteiger charge is 2.05. The Morgan fingerprint density at radius 3 is 2.12 bits per heavy atom. The highest BCUT2D eigenvalue weighted by atomic mass is 35.5. The summed E-state index contributed by atoms with van der Waals surface area (Å²) in [6, 6.07) is 3.98. The smallest absolute Gasteiger partial charge is 0.106 e. The molecule has 2 nitrogen and oxygen atoms in total. The van der Waals surface area contributed by atoms with E-state index in [1.54, 1.807) is 0 Å². The van der Waals surface area contributed by atoms with Crippen molar-refractivity contribution in [3.05, 3.63) is 28.5 Å². The second-order valence-corrected chi connectivity index (χ2v) is 3.72. The molecule has 0 saturated carbocycles. The number of halogens is 1. The van der Waals surface area contributed by atoms with Crippen molar-refractivity contribution in [1.29, 1.82) is 0 Å². The number of rotatable bonds is 0. The van der Waals surface area contributed by atoms with Gasteiger partial charge in [-0.1, -0.05) is 39.3 Å². The van der Waals surface area contributed by atoms with Gasteiger partial charge in [0.2, 0.25) is 0 Å². The minimum Gasteiger partial charge on any atom is -0.331 e. The monoisotopic (exact) mass is 254 g/mol. The zero-order chi connectivity index (χ0) is 13.6. The highest BCUT2D eigenvalue weighted by Crippen LogP contribution is 2.23. The molecule has 0 aliphatic rings. The molecule has 0 saturated heterocycles. The molecule has 0 aliphatic heterocycles. The molecule has 96 valence electrons. The fourth-order valence-corrected chi connectivity index (χ4v) is 1.60. The van der Waals surface area contributed by atoms with Crippen molar-refractivity contribution < 1.29 is 0 Å². The molecule has 1 aromatic heterocycles. The summed E-state index contributed by atoms with van der Waals surface area (Å²) in [5, 5.41) is 0.801. The Balaban J connectivity index is 0.000000581. The second kappa shape index (κ2) is 7.33. The van der Waals surface area contributed by atoms with Crippen molar-refractivity contribution in [2.75, 3.05) is 0 Å². The molecular formula is C14H23ClN2. The van der Waals surface area contributed by atoms with Crippen LogP contribution in [0.4, 0.5) is 0 Å². The molecular weight excluding hydrogens is 232 g/mol. The van der Waals surface area contributed by atoms with Gasteiger partial charge in [-0.05, 0) is 31.5 Å². The Morgan fingerprint density at radius 1 is 1.06 bits per heavy atom. The van der Waals surface area contributed by atoms with E-state index in [1.807, 2.05) is 65.3 Å². The first-order chi connectivity index (χ1) is 8.09. The number of fused-ring (bicyclic) bond motifs is 1. The number of aryl methyl sites for hydroxylation is 3. The first-order valence-corrected chi connectivity index (χ1v) is 6.56. The molecule has 3 heteroatoms. The van der Waals surface area contributed by atoms with E-state index in [1.165, 1.54) is 0 Å². The van der Waals surface area contributed by atoms with Gasteiger partial charge in [0.25, 0.3) is 0 Å². The minimum atomic E-state index is 0.801. The lowest BCUT2D eigenvalue weighted by Crippen LogP contribution is -1.90. The first kappa shape index (κ1) is 16.0. The number of hydrogen-bond acceptors (Lipinski definition) is 1. The highest BCUT2D eigenvalue weighted by molar-refractivity contribution is 6.32. The summed E-state index contributed by atoms with van der Waals surface area (Å²) in [5.74, 6) is 1.01. The number of benzene rings is 1. The maximum Gasteiger partial charge on any atom is 0.106 e. The second-order valence-electron chi connectivity index (χ2n) is 3.31. The average molecular weight is 255 g/mol. The zero-order valence-corrected chi connectivity index (χ0v) is 12.7. The summed E-state index contributed by atoms with van der Waals surface area (Å²) in [6.45, 7) is 12.0. The van der Waals surface area contributed by atoms with Crippen LogP contribution < -0.4 is 0 Å². The van der Waals surface area contributed by atoms with Crippen molar-refractivity contribution in [3.8, 4) is 0 Å². The van der Waals surface area contributed by atoms with Gasteiger partial charge in [0.05, 0.1) is 11.0 Å². The Hall–Kier alpha value is -1.02. The molecule has 0 fully saturated rings. The van der Waals surface area contributed by atoms with Crippen LogP contribution >= 0.6 is 11.6 Å². The van der Waals surface area contributed by atoms with Crippen LogP contribution in [0.1, 0.15) is 39.1 Å². The molecule has 17 heavy (non-hydrogen) atoms. The van der Waals surface area contributed by atoms with E-state index >= 15 is 0 Å². The van der Waals surface area contributed by atoms with Crippen molar-refractivity contribution in [2.24, 2.45) is 7.05 Å². The molecule has 1 aromatic carbocycles. The molecule has 0 radical (unpaired) electrons. The molecule has 0 atom stereocenters. The van der Waals surface area contributed by atoms with Crippen molar-refractivity contribution in [3.63, 3.8) is 0 Å².